The van der Waals surface area contributed by atoms with Crippen LogP contribution in [0.5, 0.6) is 0 Å². The van der Waals surface area contributed by atoms with Gasteiger partial charge in [-0.3, -0.25) is 4.79 Å². The summed E-state index contributed by atoms with van der Waals surface area (Å²) in [5, 5.41) is 3.43. The monoisotopic (exact) mass is 226 g/mol. The molecule has 0 saturated carbocycles. The predicted molar refractivity (Wildman–Crippen MR) is 61.7 cm³/mol. The molecular weight excluding hydrogens is 212 g/mol. The van der Waals surface area contributed by atoms with E-state index in [-0.39, 0.29) is 18.0 Å². The molecule has 4 heteroatoms. The lowest BCUT2D eigenvalue weighted by atomic mass is 9.84. The minimum atomic E-state index is 0. The van der Waals surface area contributed by atoms with E-state index in [0.29, 0.717) is 11.8 Å². The zero-order valence-electron chi connectivity index (χ0n) is 8.48. The molecule has 3 rings (SSSR count). The van der Waals surface area contributed by atoms with Gasteiger partial charge in [0.25, 0.3) is 5.56 Å². The van der Waals surface area contributed by atoms with Crippen molar-refractivity contribution in [1.29, 1.82) is 0 Å². The summed E-state index contributed by atoms with van der Waals surface area (Å²) in [6, 6.07) is 5.64. The van der Waals surface area contributed by atoms with Crippen molar-refractivity contribution in [2.45, 2.75) is 18.9 Å². The first-order valence-corrected chi connectivity index (χ1v) is 5.25. The van der Waals surface area contributed by atoms with Crippen LogP contribution < -0.4 is 10.9 Å². The Balaban J connectivity index is 0.000000853. The zero-order chi connectivity index (χ0) is 9.54. The van der Waals surface area contributed by atoms with Crippen molar-refractivity contribution in [2.75, 3.05) is 13.1 Å². The van der Waals surface area contributed by atoms with Crippen LogP contribution in [-0.4, -0.2) is 17.7 Å². The molecule has 2 aliphatic rings. The molecular formula is C11H15ClN2O. The summed E-state index contributed by atoms with van der Waals surface area (Å²) in [6.07, 6.45) is 1.25. The molecule has 0 aromatic carbocycles. The molecule has 0 spiro atoms. The Morgan fingerprint density at radius 3 is 3.07 bits per heavy atom. The van der Waals surface area contributed by atoms with Crippen molar-refractivity contribution in [3.8, 4) is 0 Å². The second-order valence-electron chi connectivity index (χ2n) is 4.36. The molecule has 2 bridgehead atoms. The van der Waals surface area contributed by atoms with Crippen LogP contribution in [-0.2, 0) is 6.54 Å². The summed E-state index contributed by atoms with van der Waals surface area (Å²) < 4.78 is 1.96. The van der Waals surface area contributed by atoms with Crippen molar-refractivity contribution in [3.05, 3.63) is 34.2 Å². The molecule has 1 N–H and O–H groups in total. The fraction of sp³-hybridized carbons (Fsp3) is 0.545. The van der Waals surface area contributed by atoms with Crippen LogP contribution >= 0.6 is 12.4 Å². The van der Waals surface area contributed by atoms with Crippen molar-refractivity contribution >= 4 is 12.4 Å². The van der Waals surface area contributed by atoms with Crippen LogP contribution in [0.25, 0.3) is 0 Å². The molecule has 1 aromatic rings. The van der Waals surface area contributed by atoms with E-state index in [1.54, 1.807) is 6.07 Å². The normalized spacial score (nSPS) is 27.7. The van der Waals surface area contributed by atoms with Gasteiger partial charge in [0, 0.05) is 30.8 Å². The van der Waals surface area contributed by atoms with Gasteiger partial charge in [-0.25, -0.2) is 0 Å². The molecule has 1 aromatic heterocycles. The number of hydrogen-bond acceptors (Lipinski definition) is 2. The van der Waals surface area contributed by atoms with Crippen LogP contribution in [0.4, 0.5) is 0 Å². The van der Waals surface area contributed by atoms with Crippen molar-refractivity contribution in [3.63, 3.8) is 0 Å². The molecule has 0 aliphatic carbocycles. The van der Waals surface area contributed by atoms with Crippen LogP contribution in [0.15, 0.2) is 23.0 Å². The van der Waals surface area contributed by atoms with Crippen molar-refractivity contribution in [1.82, 2.24) is 9.88 Å². The van der Waals surface area contributed by atoms with Gasteiger partial charge in [0.15, 0.2) is 0 Å². The lowest BCUT2D eigenvalue weighted by Gasteiger charge is -2.37. The third kappa shape index (κ3) is 1.70. The number of piperidine rings is 1. The highest BCUT2D eigenvalue weighted by Crippen LogP contribution is 2.31. The van der Waals surface area contributed by atoms with Gasteiger partial charge >= 0.3 is 0 Å². The van der Waals surface area contributed by atoms with Crippen LogP contribution in [0.2, 0.25) is 0 Å². The van der Waals surface area contributed by atoms with Gasteiger partial charge in [0.2, 0.25) is 0 Å². The van der Waals surface area contributed by atoms with Gasteiger partial charge in [-0.2, -0.15) is 0 Å². The minimum Gasteiger partial charge on any atom is -0.316 e. The molecule has 15 heavy (non-hydrogen) atoms. The fourth-order valence-electron chi connectivity index (χ4n) is 2.74. The Labute approximate surface area is 94.9 Å². The maximum atomic E-state index is 11.6. The highest BCUT2D eigenvalue weighted by atomic mass is 35.5. The number of rotatable bonds is 0. The maximum Gasteiger partial charge on any atom is 0.250 e. The molecule has 2 aliphatic heterocycles. The number of nitrogens with one attached hydrogen (secondary N) is 1. The van der Waals surface area contributed by atoms with Crippen molar-refractivity contribution < 1.29 is 0 Å². The molecule has 3 heterocycles. The Morgan fingerprint density at radius 2 is 2.20 bits per heavy atom. The maximum absolute atomic E-state index is 11.6. The van der Waals surface area contributed by atoms with E-state index in [2.05, 4.69) is 11.4 Å². The molecule has 2 atom stereocenters. The summed E-state index contributed by atoms with van der Waals surface area (Å²) in [5.41, 5.74) is 1.39. The average Bonchev–Trinajstić information content (AvgIpc) is 2.20. The molecule has 0 unspecified atom stereocenters. The zero-order valence-corrected chi connectivity index (χ0v) is 9.30. The Morgan fingerprint density at radius 1 is 1.33 bits per heavy atom. The summed E-state index contributed by atoms with van der Waals surface area (Å²) in [4.78, 5) is 11.6. The Bertz CT molecular complexity index is 415. The van der Waals surface area contributed by atoms with Crippen LogP contribution in [0.1, 0.15) is 18.0 Å². The van der Waals surface area contributed by atoms with E-state index in [4.69, 9.17) is 0 Å². The summed E-state index contributed by atoms with van der Waals surface area (Å²) in [6.45, 7) is 3.00. The van der Waals surface area contributed by atoms with Gasteiger partial charge in [-0.05, 0) is 24.9 Å². The average molecular weight is 227 g/mol. The first kappa shape index (κ1) is 10.7. The first-order chi connectivity index (χ1) is 6.84. The summed E-state index contributed by atoms with van der Waals surface area (Å²) in [5.74, 6) is 1.21. The lowest BCUT2D eigenvalue weighted by molar-refractivity contribution is 0.257. The van der Waals surface area contributed by atoms with E-state index in [1.807, 2.05) is 10.6 Å². The van der Waals surface area contributed by atoms with Crippen LogP contribution in [0.3, 0.4) is 0 Å². The SMILES string of the molecule is Cl.O=c1cccc2n1C[C@@H]1CNC[C@@H]2C1. The number of aromatic nitrogens is 1. The number of pyridine rings is 1. The molecule has 82 valence electrons. The third-order valence-electron chi connectivity index (χ3n) is 3.38. The van der Waals surface area contributed by atoms with Crippen LogP contribution in [0, 0.1) is 5.92 Å². The van der Waals surface area contributed by atoms with Gasteiger partial charge in [0.05, 0.1) is 0 Å². The second-order valence-corrected chi connectivity index (χ2v) is 4.36. The fourth-order valence-corrected chi connectivity index (χ4v) is 2.74. The first-order valence-electron chi connectivity index (χ1n) is 5.25. The van der Waals surface area contributed by atoms with Gasteiger partial charge in [-0.15, -0.1) is 12.4 Å². The molecule has 3 nitrogen and oxygen atoms in total. The predicted octanol–water partition coefficient (Wildman–Crippen LogP) is 0.977. The molecule has 1 saturated heterocycles. The second kappa shape index (κ2) is 3.99. The quantitative estimate of drug-likeness (QED) is 0.716. The molecule has 0 amide bonds. The summed E-state index contributed by atoms with van der Waals surface area (Å²) >= 11 is 0. The number of fused-ring (bicyclic) bond motifs is 4. The van der Waals surface area contributed by atoms with E-state index < -0.39 is 0 Å². The smallest absolute Gasteiger partial charge is 0.250 e. The van der Waals surface area contributed by atoms with E-state index in [9.17, 15) is 4.79 Å². The number of hydrogen-bond donors (Lipinski definition) is 1. The number of halogens is 1. The topological polar surface area (TPSA) is 34.0 Å². The molecule has 0 radical (unpaired) electrons. The molecule has 1 fully saturated rings. The largest absolute Gasteiger partial charge is 0.316 e. The third-order valence-corrected chi connectivity index (χ3v) is 3.38. The highest BCUT2D eigenvalue weighted by Gasteiger charge is 2.30. The summed E-state index contributed by atoms with van der Waals surface area (Å²) in [7, 11) is 0. The van der Waals surface area contributed by atoms with Gasteiger partial charge in [-0.1, -0.05) is 6.07 Å². The standard InChI is InChI=1S/C11H14N2O.ClH/c14-11-3-1-2-10-9-4-8(5-12-6-9)7-13(10)11;/h1-3,8-9,12H,4-7H2;1H/t8-,9-;/m0./s1. The van der Waals surface area contributed by atoms with Gasteiger partial charge < -0.3 is 9.88 Å². The van der Waals surface area contributed by atoms with Gasteiger partial charge in [0.1, 0.15) is 0 Å². The van der Waals surface area contributed by atoms with E-state index >= 15 is 0 Å². The highest BCUT2D eigenvalue weighted by molar-refractivity contribution is 5.85. The van der Waals surface area contributed by atoms with E-state index in [1.165, 1.54) is 12.1 Å². The van der Waals surface area contributed by atoms with Crippen molar-refractivity contribution in [2.24, 2.45) is 5.92 Å². The van der Waals surface area contributed by atoms with E-state index in [0.717, 1.165) is 19.6 Å². The minimum absolute atomic E-state index is 0. The Kier molecular flexibility index (Phi) is 2.85. The Hall–Kier alpha value is -0.800. The number of nitrogens with zero attached hydrogens (tertiary/aromatic N) is 1. The lowest BCUT2D eigenvalue weighted by Crippen LogP contribution is -2.44.